The summed E-state index contributed by atoms with van der Waals surface area (Å²) in [4.78, 5) is 55.1. The van der Waals surface area contributed by atoms with Gasteiger partial charge in [-0.2, -0.15) is 0 Å². The molecule has 61 heavy (non-hydrogen) atoms. The van der Waals surface area contributed by atoms with Gasteiger partial charge in [-0.1, -0.05) is 45.9 Å². The van der Waals surface area contributed by atoms with E-state index in [2.05, 4.69) is 5.32 Å². The fraction of sp³-hybridized carbons (Fsp3) is 0.556. The summed E-state index contributed by atoms with van der Waals surface area (Å²) in [7, 11) is 1.43. The van der Waals surface area contributed by atoms with Gasteiger partial charge in [0.05, 0.1) is 48.0 Å². The van der Waals surface area contributed by atoms with E-state index in [1.807, 2.05) is 0 Å². The zero-order chi connectivity index (χ0) is 45.2. The molecule has 0 saturated carbocycles. The van der Waals surface area contributed by atoms with Crippen LogP contribution in [-0.2, 0) is 33.3 Å². The minimum absolute atomic E-state index is 0.0413. The fourth-order valence-corrected chi connectivity index (χ4v) is 8.61. The van der Waals surface area contributed by atoms with E-state index < -0.39 is 94.7 Å². The van der Waals surface area contributed by atoms with Crippen molar-refractivity contribution in [1.82, 2.24) is 0 Å². The number of phenols is 3. The van der Waals surface area contributed by atoms with E-state index in [0.717, 1.165) is 0 Å². The lowest BCUT2D eigenvalue weighted by Crippen LogP contribution is -2.46. The highest BCUT2D eigenvalue weighted by molar-refractivity contribution is 6.23. The van der Waals surface area contributed by atoms with Crippen molar-refractivity contribution in [2.45, 2.75) is 105 Å². The average molecular weight is 853 g/mol. The van der Waals surface area contributed by atoms with Gasteiger partial charge in [0.25, 0.3) is 11.7 Å². The Bertz CT molecular complexity index is 2120. The number of aliphatic hydroxyl groups is 2. The molecule has 2 aromatic carbocycles. The standard InChI is InChI=1S/C45H60N2O14/c1-11-58-44(56)28-15-18-47(19-16-28)34-33-38(52)31-30(39(34)53)32-41(26(7)37(31)51)61-45(9,42(32)54)59-20-17-29(57-10)23(4)40(60-27(8)48)25(6)36(50)24(5)35(49)21(2)13-12-14-22(3)43(55)46-33/h12-14,17,20-21,23-25,28-29,35-36,40,49-53H,11,15-16,18-19H2,1-10H3,(H,46,55)/b13-12+,20-17+,22-14-. The van der Waals surface area contributed by atoms with E-state index in [-0.39, 0.29) is 70.3 Å². The van der Waals surface area contributed by atoms with Crippen molar-refractivity contribution in [2.75, 3.05) is 37.0 Å². The smallest absolute Gasteiger partial charge is 0.312 e. The van der Waals surface area contributed by atoms with Gasteiger partial charge in [-0.15, -0.1) is 0 Å². The average Bonchev–Trinajstić information content (AvgIpc) is 3.49. The molecule has 0 aliphatic carbocycles. The maximum Gasteiger partial charge on any atom is 0.312 e. The normalized spacial score (nSPS) is 31.1. The van der Waals surface area contributed by atoms with Crippen LogP contribution in [0.15, 0.2) is 36.1 Å². The van der Waals surface area contributed by atoms with Gasteiger partial charge in [-0.25, -0.2) is 0 Å². The van der Waals surface area contributed by atoms with Gasteiger partial charge in [0.1, 0.15) is 34.7 Å². The Morgan fingerprint density at radius 3 is 2.20 bits per heavy atom. The number of piperidine rings is 1. The van der Waals surface area contributed by atoms with Gasteiger partial charge < -0.3 is 59.4 Å². The van der Waals surface area contributed by atoms with Crippen molar-refractivity contribution >= 4 is 45.8 Å². The van der Waals surface area contributed by atoms with Gasteiger partial charge >= 0.3 is 17.7 Å². The molecular formula is C45H60N2O14. The van der Waals surface area contributed by atoms with Gasteiger partial charge in [-0.05, 0) is 39.7 Å². The zero-order valence-corrected chi connectivity index (χ0v) is 36.5. The monoisotopic (exact) mass is 852 g/mol. The lowest BCUT2D eigenvalue weighted by molar-refractivity contribution is -0.160. The van der Waals surface area contributed by atoms with E-state index in [4.69, 9.17) is 23.7 Å². The van der Waals surface area contributed by atoms with E-state index in [9.17, 15) is 44.7 Å². The number of methoxy groups -OCH3 is 1. The summed E-state index contributed by atoms with van der Waals surface area (Å²) in [6.45, 7) is 14.8. The van der Waals surface area contributed by atoms with Crippen LogP contribution < -0.4 is 15.0 Å². The number of amides is 1. The van der Waals surface area contributed by atoms with Crippen molar-refractivity contribution in [1.29, 1.82) is 0 Å². The molecule has 2 aromatic rings. The van der Waals surface area contributed by atoms with Crippen LogP contribution >= 0.6 is 0 Å². The molecule has 1 fully saturated rings. The van der Waals surface area contributed by atoms with Gasteiger partial charge in [0.15, 0.2) is 5.75 Å². The Hall–Kier alpha value is -5.32. The highest BCUT2D eigenvalue weighted by Crippen LogP contribution is 2.58. The first-order valence-electron chi connectivity index (χ1n) is 20.7. The number of rotatable bonds is 5. The number of benzene rings is 2. The van der Waals surface area contributed by atoms with Crippen LogP contribution in [0.2, 0.25) is 0 Å². The molecule has 4 aliphatic heterocycles. The number of hydrogen-bond donors (Lipinski definition) is 6. The lowest BCUT2D eigenvalue weighted by atomic mass is 9.78. The van der Waals surface area contributed by atoms with Crippen LogP contribution in [0, 0.1) is 36.5 Å². The number of aliphatic hydroxyl groups excluding tert-OH is 2. The molecule has 1 amide bonds. The predicted octanol–water partition coefficient (Wildman–Crippen LogP) is 5.53. The van der Waals surface area contributed by atoms with Crippen LogP contribution in [-0.4, -0.2) is 106 Å². The molecule has 0 radical (unpaired) electrons. The van der Waals surface area contributed by atoms with Gasteiger partial charge in [0, 0.05) is 74.2 Å². The molecule has 4 aliphatic rings. The highest BCUT2D eigenvalue weighted by Gasteiger charge is 2.50. The largest absolute Gasteiger partial charge is 0.507 e. The molecule has 9 unspecified atom stereocenters. The van der Waals surface area contributed by atoms with E-state index in [0.29, 0.717) is 12.8 Å². The molecule has 9 atom stereocenters. The summed E-state index contributed by atoms with van der Waals surface area (Å²) < 4.78 is 28.9. The Labute approximate surface area is 355 Å². The van der Waals surface area contributed by atoms with Crippen LogP contribution in [0.4, 0.5) is 11.4 Å². The SMILES string of the molecule is CCOC(=O)C1CCN(c2c3c(O)c4c(O)c(C)c5c(c4c2O)C(=O)C(C)(O/C=C/C(OC)C(C)C(OC(C)=O)C(C)C(O)C(C)C(O)C(C)/C=C/C=C(/C)C(=O)N3)O5)CC1. The Morgan fingerprint density at radius 2 is 1.59 bits per heavy atom. The first-order valence-corrected chi connectivity index (χ1v) is 20.7. The number of phenolic OH excluding ortho intramolecular Hbond substituents is 3. The predicted molar refractivity (Wildman–Crippen MR) is 225 cm³/mol. The number of nitrogens with zero attached hydrogens (tertiary/aromatic N) is 1. The van der Waals surface area contributed by atoms with Gasteiger partial charge in [-0.3, -0.25) is 19.2 Å². The molecule has 334 valence electrons. The Kier molecular flexibility index (Phi) is 14.4. The van der Waals surface area contributed by atoms with Crippen LogP contribution in [0.1, 0.15) is 84.2 Å². The third-order valence-electron chi connectivity index (χ3n) is 12.4. The minimum atomic E-state index is -2.07. The topological polar surface area (TPSA) is 231 Å². The summed E-state index contributed by atoms with van der Waals surface area (Å²) in [5.74, 6) is -9.26. The quantitative estimate of drug-likeness (QED) is 0.123. The van der Waals surface area contributed by atoms with Crippen molar-refractivity contribution < 1.29 is 68.4 Å². The molecule has 6 rings (SSSR count). The van der Waals surface area contributed by atoms with Crippen molar-refractivity contribution in [3.63, 3.8) is 0 Å². The van der Waals surface area contributed by atoms with Crippen LogP contribution in [0.5, 0.6) is 23.0 Å². The molecule has 6 N–H and O–H groups in total. The molecule has 4 heterocycles. The van der Waals surface area contributed by atoms with Crippen LogP contribution in [0.3, 0.4) is 0 Å². The maximum atomic E-state index is 14.5. The van der Waals surface area contributed by atoms with Gasteiger partial charge in [0.2, 0.25) is 0 Å². The van der Waals surface area contributed by atoms with E-state index >= 15 is 0 Å². The number of carbonyl (C=O) groups is 4. The zero-order valence-electron chi connectivity index (χ0n) is 36.5. The third-order valence-corrected chi connectivity index (χ3v) is 12.4. The summed E-state index contributed by atoms with van der Waals surface area (Å²) in [5.41, 5.74) is -0.287. The summed E-state index contributed by atoms with van der Waals surface area (Å²) in [5, 5.41) is 61.1. The molecule has 16 heteroatoms. The molecule has 0 spiro atoms. The summed E-state index contributed by atoms with van der Waals surface area (Å²) >= 11 is 0. The second kappa shape index (κ2) is 18.7. The number of allylic oxidation sites excluding steroid dienone is 2. The number of esters is 2. The first-order chi connectivity index (χ1) is 28.7. The number of ether oxygens (including phenoxy) is 5. The summed E-state index contributed by atoms with van der Waals surface area (Å²) in [6, 6.07) is 0. The Balaban J connectivity index is 1.70. The van der Waals surface area contributed by atoms with Crippen LogP contribution in [0.25, 0.3) is 10.8 Å². The molecular weight excluding hydrogens is 792 g/mol. The van der Waals surface area contributed by atoms with Crippen molar-refractivity contribution in [3.05, 3.63) is 47.3 Å². The number of anilines is 2. The fourth-order valence-electron chi connectivity index (χ4n) is 8.61. The number of fused-ring (bicyclic) bond motifs is 14. The van der Waals surface area contributed by atoms with E-state index in [1.165, 1.54) is 53.2 Å². The lowest BCUT2D eigenvalue weighted by Gasteiger charge is -2.38. The minimum Gasteiger partial charge on any atom is -0.507 e. The highest BCUT2D eigenvalue weighted by atomic mass is 16.7. The number of nitrogens with one attached hydrogen (secondary N) is 1. The number of aromatic hydroxyl groups is 3. The first kappa shape index (κ1) is 46.7. The number of hydrogen-bond acceptors (Lipinski definition) is 15. The number of Topliss-reactive ketones (excluding diaryl/α,β-unsaturated/α-hetero) is 1. The molecule has 5 bridgehead atoms. The third kappa shape index (κ3) is 9.02. The summed E-state index contributed by atoms with van der Waals surface area (Å²) in [6.07, 6.45) is 4.10. The second-order valence-electron chi connectivity index (χ2n) is 16.6. The number of carbonyl (C=O) groups excluding carboxylic acids is 4. The number of ketones is 1. The maximum absolute atomic E-state index is 14.5. The second-order valence-corrected chi connectivity index (χ2v) is 16.6. The molecule has 16 nitrogen and oxygen atoms in total. The molecule has 0 aromatic heterocycles. The van der Waals surface area contributed by atoms with Crippen molar-refractivity contribution in [3.8, 4) is 23.0 Å². The van der Waals surface area contributed by atoms with E-state index in [1.54, 1.807) is 51.7 Å². The molecule has 1 saturated heterocycles. The van der Waals surface area contributed by atoms with Crippen molar-refractivity contribution in [2.24, 2.45) is 29.6 Å². The Morgan fingerprint density at radius 1 is 0.934 bits per heavy atom.